The molecule has 0 aliphatic carbocycles. The molecule has 1 nitrogen and oxygen atoms in total. The Morgan fingerprint density at radius 2 is 2.00 bits per heavy atom. The quantitative estimate of drug-likeness (QED) is 0.687. The number of benzene rings is 1. The second-order valence-electron chi connectivity index (χ2n) is 2.21. The summed E-state index contributed by atoms with van der Waals surface area (Å²) >= 11 is 0. The van der Waals surface area contributed by atoms with Crippen LogP contribution in [0.1, 0.15) is 5.56 Å². The molecule has 2 heteroatoms. The van der Waals surface area contributed by atoms with Crippen LogP contribution in [-0.2, 0) is 0 Å². The van der Waals surface area contributed by atoms with Crippen LogP contribution in [0.5, 0.6) is 0 Å². The van der Waals surface area contributed by atoms with Gasteiger partial charge in [0.2, 0.25) is 0 Å². The van der Waals surface area contributed by atoms with Gasteiger partial charge in [-0.05, 0) is 11.6 Å². The zero-order valence-corrected chi connectivity index (χ0v) is 6.13. The van der Waals surface area contributed by atoms with E-state index in [2.05, 4.69) is 0 Å². The first-order chi connectivity index (χ1) is 5.33. The van der Waals surface area contributed by atoms with Gasteiger partial charge in [0.05, 0.1) is 0 Å². The standard InChI is InChI=1S/C9H10FN/c10-9(7-11)6-8-4-2-1-3-5-8/h1-6H,7,11H2. The van der Waals surface area contributed by atoms with Gasteiger partial charge in [-0.15, -0.1) is 0 Å². The highest BCUT2D eigenvalue weighted by Crippen LogP contribution is 2.05. The summed E-state index contributed by atoms with van der Waals surface area (Å²) in [4.78, 5) is 0. The van der Waals surface area contributed by atoms with E-state index in [9.17, 15) is 4.39 Å². The number of nitrogens with two attached hydrogens (primary N) is 1. The topological polar surface area (TPSA) is 26.0 Å². The van der Waals surface area contributed by atoms with Crippen molar-refractivity contribution in [2.75, 3.05) is 6.54 Å². The first kappa shape index (κ1) is 7.95. The van der Waals surface area contributed by atoms with Crippen molar-refractivity contribution in [3.63, 3.8) is 0 Å². The third kappa shape index (κ3) is 2.51. The van der Waals surface area contributed by atoms with Gasteiger partial charge in [0.25, 0.3) is 0 Å². The minimum Gasteiger partial charge on any atom is -0.325 e. The van der Waals surface area contributed by atoms with E-state index in [-0.39, 0.29) is 12.4 Å². The molecule has 1 rings (SSSR count). The van der Waals surface area contributed by atoms with Crippen LogP contribution in [0.25, 0.3) is 6.08 Å². The van der Waals surface area contributed by atoms with E-state index in [1.165, 1.54) is 6.08 Å². The molecule has 0 aliphatic heterocycles. The van der Waals surface area contributed by atoms with Gasteiger partial charge in [0.1, 0.15) is 5.83 Å². The van der Waals surface area contributed by atoms with Crippen LogP contribution in [0.15, 0.2) is 36.2 Å². The molecule has 0 aromatic heterocycles. The van der Waals surface area contributed by atoms with E-state index < -0.39 is 0 Å². The van der Waals surface area contributed by atoms with Crippen LogP contribution in [0, 0.1) is 0 Å². The average Bonchev–Trinajstić information content (AvgIpc) is 2.06. The van der Waals surface area contributed by atoms with Crippen molar-refractivity contribution in [3.05, 3.63) is 41.7 Å². The molecule has 0 spiro atoms. The molecule has 0 aliphatic rings. The van der Waals surface area contributed by atoms with Crippen LogP contribution < -0.4 is 5.73 Å². The fourth-order valence-electron chi connectivity index (χ4n) is 0.789. The van der Waals surface area contributed by atoms with Gasteiger partial charge in [-0.25, -0.2) is 4.39 Å². The highest BCUT2D eigenvalue weighted by Gasteiger charge is 1.89. The molecule has 0 unspecified atom stereocenters. The summed E-state index contributed by atoms with van der Waals surface area (Å²) in [7, 11) is 0. The summed E-state index contributed by atoms with van der Waals surface area (Å²) in [6, 6.07) is 9.26. The summed E-state index contributed by atoms with van der Waals surface area (Å²) in [6.45, 7) is -0.0328. The van der Waals surface area contributed by atoms with E-state index in [4.69, 9.17) is 5.73 Å². The molecule has 1 aromatic carbocycles. The van der Waals surface area contributed by atoms with Gasteiger partial charge in [0.15, 0.2) is 0 Å². The predicted octanol–water partition coefficient (Wildman–Crippen LogP) is 1.96. The van der Waals surface area contributed by atoms with Crippen molar-refractivity contribution in [2.45, 2.75) is 0 Å². The molecule has 58 valence electrons. The lowest BCUT2D eigenvalue weighted by Crippen LogP contribution is -1.97. The Labute approximate surface area is 65.3 Å². The van der Waals surface area contributed by atoms with Gasteiger partial charge in [-0.3, -0.25) is 0 Å². The molecule has 0 saturated heterocycles. The van der Waals surface area contributed by atoms with Crippen molar-refractivity contribution in [1.29, 1.82) is 0 Å². The maximum Gasteiger partial charge on any atom is 0.114 e. The average molecular weight is 151 g/mol. The smallest absolute Gasteiger partial charge is 0.114 e. The lowest BCUT2D eigenvalue weighted by atomic mass is 10.2. The molecular weight excluding hydrogens is 141 g/mol. The van der Waals surface area contributed by atoms with Crippen LogP contribution in [0.2, 0.25) is 0 Å². The van der Waals surface area contributed by atoms with Crippen LogP contribution >= 0.6 is 0 Å². The van der Waals surface area contributed by atoms with Crippen molar-refractivity contribution in [3.8, 4) is 0 Å². The third-order valence-corrected chi connectivity index (χ3v) is 1.32. The maximum absolute atomic E-state index is 12.6. The minimum absolute atomic E-state index is 0.0328. The SMILES string of the molecule is NCC(F)=Cc1ccccc1. The molecule has 0 bridgehead atoms. The normalized spacial score (nSPS) is 11.6. The van der Waals surface area contributed by atoms with E-state index in [0.29, 0.717) is 0 Å². The Hall–Kier alpha value is -1.15. The summed E-state index contributed by atoms with van der Waals surface area (Å²) in [5.74, 6) is -0.295. The van der Waals surface area contributed by atoms with Crippen LogP contribution in [0.4, 0.5) is 4.39 Å². The van der Waals surface area contributed by atoms with Crippen LogP contribution in [0.3, 0.4) is 0 Å². The van der Waals surface area contributed by atoms with Gasteiger partial charge >= 0.3 is 0 Å². The predicted molar refractivity (Wildman–Crippen MR) is 44.6 cm³/mol. The Kier molecular flexibility index (Phi) is 2.81. The van der Waals surface area contributed by atoms with Crippen molar-refractivity contribution >= 4 is 6.08 Å². The summed E-state index contributed by atoms with van der Waals surface area (Å²) in [5, 5.41) is 0. The molecule has 0 heterocycles. The minimum atomic E-state index is -0.295. The number of halogens is 1. The van der Waals surface area contributed by atoms with Gasteiger partial charge in [-0.1, -0.05) is 30.3 Å². The first-order valence-corrected chi connectivity index (χ1v) is 3.44. The van der Waals surface area contributed by atoms with Gasteiger partial charge < -0.3 is 5.73 Å². The fraction of sp³-hybridized carbons (Fsp3) is 0.111. The monoisotopic (exact) mass is 151 g/mol. The van der Waals surface area contributed by atoms with Gasteiger partial charge in [0, 0.05) is 6.54 Å². The molecule has 11 heavy (non-hydrogen) atoms. The van der Waals surface area contributed by atoms with Gasteiger partial charge in [-0.2, -0.15) is 0 Å². The molecular formula is C9H10FN. The summed E-state index contributed by atoms with van der Waals surface area (Å²) < 4.78 is 12.6. The van der Waals surface area contributed by atoms with Crippen molar-refractivity contribution in [1.82, 2.24) is 0 Å². The highest BCUT2D eigenvalue weighted by atomic mass is 19.1. The number of hydrogen-bond acceptors (Lipinski definition) is 1. The summed E-state index contributed by atoms with van der Waals surface area (Å²) in [5.41, 5.74) is 5.92. The van der Waals surface area contributed by atoms with E-state index in [1.54, 1.807) is 0 Å². The van der Waals surface area contributed by atoms with E-state index in [1.807, 2.05) is 30.3 Å². The molecule has 2 N–H and O–H groups in total. The third-order valence-electron chi connectivity index (χ3n) is 1.32. The zero-order valence-electron chi connectivity index (χ0n) is 6.13. The Balaban J connectivity index is 2.79. The molecule has 0 radical (unpaired) electrons. The van der Waals surface area contributed by atoms with Crippen molar-refractivity contribution < 1.29 is 4.39 Å². The molecule has 1 aromatic rings. The second kappa shape index (κ2) is 3.88. The molecule has 0 atom stereocenters. The van der Waals surface area contributed by atoms with Crippen molar-refractivity contribution in [2.24, 2.45) is 5.73 Å². The summed E-state index contributed by atoms with van der Waals surface area (Å²) in [6.07, 6.45) is 1.43. The van der Waals surface area contributed by atoms with Crippen LogP contribution in [-0.4, -0.2) is 6.54 Å². The molecule has 0 fully saturated rings. The Morgan fingerprint density at radius 3 is 2.55 bits per heavy atom. The van der Waals surface area contributed by atoms with E-state index in [0.717, 1.165) is 5.56 Å². The Morgan fingerprint density at radius 1 is 1.36 bits per heavy atom. The largest absolute Gasteiger partial charge is 0.325 e. The Bertz CT molecular complexity index is 241. The first-order valence-electron chi connectivity index (χ1n) is 3.44. The molecule has 0 saturated carbocycles. The number of hydrogen-bond donors (Lipinski definition) is 1. The molecule has 0 amide bonds. The van der Waals surface area contributed by atoms with E-state index >= 15 is 0 Å². The second-order valence-corrected chi connectivity index (χ2v) is 2.21. The number of rotatable bonds is 2. The lowest BCUT2D eigenvalue weighted by molar-refractivity contribution is 0.626. The fourth-order valence-corrected chi connectivity index (χ4v) is 0.789. The highest BCUT2D eigenvalue weighted by molar-refractivity contribution is 5.50. The zero-order chi connectivity index (χ0) is 8.10. The maximum atomic E-state index is 12.6. The lowest BCUT2D eigenvalue weighted by Gasteiger charge is -1.92.